The van der Waals surface area contributed by atoms with Crippen LogP contribution < -0.4 is 0 Å². The van der Waals surface area contributed by atoms with Gasteiger partial charge in [0.15, 0.2) is 5.78 Å². The number of alkyl halides is 18. The predicted octanol–water partition coefficient (Wildman–Crippen LogP) is 12.3. The van der Waals surface area contributed by atoms with Crippen molar-refractivity contribution in [2.75, 3.05) is 0 Å². The summed E-state index contributed by atoms with van der Waals surface area (Å²) in [6.07, 6.45) is -14.1. The van der Waals surface area contributed by atoms with E-state index in [-0.39, 0.29) is 30.6 Å². The van der Waals surface area contributed by atoms with E-state index in [9.17, 15) is 83.8 Å². The molecule has 4 aromatic heterocycles. The highest BCUT2D eigenvalue weighted by Gasteiger charge is 2.84. The number of halogens is 18. The SMILES string of the molecule is O=C1c2cc(-c3ccc(-c4nnc(C(F)(F)C(F)(F)C(F)(F)C(F)(F)F)o4)s3)ccc2-c2ccc(-c3ccc(-c4nnc(C(F)(F)C(F)(F)C(F)(F)C(F)(F)F)o4)s3)cc21. The van der Waals surface area contributed by atoms with Gasteiger partial charge in [-0.25, -0.2) is 0 Å². The van der Waals surface area contributed by atoms with Crippen LogP contribution in [0.3, 0.4) is 0 Å². The molecule has 0 saturated carbocycles. The third-order valence-electron chi connectivity index (χ3n) is 8.70. The summed E-state index contributed by atoms with van der Waals surface area (Å²) in [5, 5.41) is 11.3. The molecule has 7 rings (SSSR count). The fourth-order valence-corrected chi connectivity index (χ4v) is 7.37. The van der Waals surface area contributed by atoms with E-state index >= 15 is 0 Å². The van der Waals surface area contributed by atoms with Crippen molar-refractivity contribution >= 4 is 28.5 Å². The first-order valence-electron chi connectivity index (χ1n) is 15.6. The summed E-state index contributed by atoms with van der Waals surface area (Å²) in [6, 6.07) is 13.7. The normalized spacial score (nSPS) is 14.5. The average Bonchev–Trinajstić information content (AvgIpc) is 4.00. The molecule has 1 aliphatic rings. The molecular formula is C33H10F18N4O3S2. The summed E-state index contributed by atoms with van der Waals surface area (Å²) >= 11 is 1.35. The zero-order chi connectivity index (χ0) is 44.4. The number of aromatic nitrogens is 4. The molecule has 0 radical (unpaired) electrons. The van der Waals surface area contributed by atoms with E-state index in [1.165, 1.54) is 48.5 Å². The average molecular weight is 917 g/mol. The number of thiophene rings is 2. The molecule has 0 bridgehead atoms. The summed E-state index contributed by atoms with van der Waals surface area (Å²) in [4.78, 5) is 13.6. The second-order valence-corrected chi connectivity index (χ2v) is 14.6. The van der Waals surface area contributed by atoms with Crippen LogP contribution in [0, 0.1) is 0 Å². The number of benzene rings is 2. The van der Waals surface area contributed by atoms with Crippen molar-refractivity contribution in [3.63, 3.8) is 0 Å². The van der Waals surface area contributed by atoms with E-state index in [2.05, 4.69) is 29.2 Å². The molecule has 2 aromatic carbocycles. The van der Waals surface area contributed by atoms with Gasteiger partial charge in [0.1, 0.15) is 0 Å². The second-order valence-electron chi connectivity index (χ2n) is 12.4. The highest BCUT2D eigenvalue weighted by molar-refractivity contribution is 7.19. The molecule has 0 N–H and O–H groups in total. The van der Waals surface area contributed by atoms with Gasteiger partial charge in [0, 0.05) is 20.9 Å². The van der Waals surface area contributed by atoms with Gasteiger partial charge in [0.25, 0.3) is 23.6 Å². The lowest BCUT2D eigenvalue weighted by Crippen LogP contribution is -2.59. The third-order valence-corrected chi connectivity index (χ3v) is 10.9. The van der Waals surface area contributed by atoms with Crippen LogP contribution in [0.5, 0.6) is 0 Å². The van der Waals surface area contributed by atoms with Crippen LogP contribution in [0.15, 0.2) is 69.5 Å². The number of hydrogen-bond donors (Lipinski definition) is 0. The predicted molar refractivity (Wildman–Crippen MR) is 168 cm³/mol. The van der Waals surface area contributed by atoms with Crippen molar-refractivity contribution in [3.8, 4) is 53.5 Å². The highest BCUT2D eigenvalue weighted by atomic mass is 32.1. The molecule has 318 valence electrons. The highest BCUT2D eigenvalue weighted by Crippen LogP contribution is 2.58. The molecule has 1 aliphatic carbocycles. The van der Waals surface area contributed by atoms with Crippen molar-refractivity contribution in [1.82, 2.24) is 20.4 Å². The lowest BCUT2D eigenvalue weighted by molar-refractivity contribution is -0.402. The molecular weight excluding hydrogens is 906 g/mol. The van der Waals surface area contributed by atoms with Crippen molar-refractivity contribution < 1.29 is 92.7 Å². The van der Waals surface area contributed by atoms with E-state index < -0.39 is 77.2 Å². The first kappa shape index (κ1) is 42.6. The number of ketones is 1. The Kier molecular flexibility index (Phi) is 9.43. The smallest absolute Gasteiger partial charge is 0.414 e. The first-order valence-corrected chi connectivity index (χ1v) is 17.2. The quantitative estimate of drug-likeness (QED) is 0.126. The second kappa shape index (κ2) is 13.3. The fourth-order valence-electron chi connectivity index (χ4n) is 5.52. The molecule has 0 aliphatic heterocycles. The summed E-state index contributed by atoms with van der Waals surface area (Å²) in [5.41, 5.74) is 1.62. The van der Waals surface area contributed by atoms with Crippen LogP contribution in [-0.2, 0) is 11.8 Å². The Morgan fingerprint density at radius 3 is 1.07 bits per heavy atom. The van der Waals surface area contributed by atoms with Gasteiger partial charge < -0.3 is 8.83 Å². The van der Waals surface area contributed by atoms with Gasteiger partial charge in [-0.15, -0.1) is 43.1 Å². The monoisotopic (exact) mass is 916 g/mol. The fraction of sp³-hybridized carbons (Fsp3) is 0.242. The maximum Gasteiger partial charge on any atom is 0.460 e. The minimum atomic E-state index is -7.20. The zero-order valence-corrected chi connectivity index (χ0v) is 29.5. The molecule has 4 heterocycles. The van der Waals surface area contributed by atoms with Crippen LogP contribution in [0.25, 0.3) is 53.5 Å². The summed E-state index contributed by atoms with van der Waals surface area (Å²) in [6.45, 7) is 0. The van der Waals surface area contributed by atoms with Gasteiger partial charge >= 0.3 is 47.9 Å². The minimum absolute atomic E-state index is 0.112. The molecule has 0 amide bonds. The number of nitrogens with zero attached hydrogens (tertiary/aromatic N) is 4. The van der Waals surface area contributed by atoms with Crippen molar-refractivity contribution in [1.29, 1.82) is 0 Å². The van der Waals surface area contributed by atoms with Crippen LogP contribution in [0.1, 0.15) is 27.7 Å². The summed E-state index contributed by atoms with van der Waals surface area (Å²) in [5.74, 6) is -48.6. The van der Waals surface area contributed by atoms with E-state index in [0.29, 0.717) is 44.9 Å². The summed E-state index contributed by atoms with van der Waals surface area (Å²) < 4.78 is 250. The maximum atomic E-state index is 14.3. The molecule has 7 nitrogen and oxygen atoms in total. The molecule has 6 aromatic rings. The molecule has 60 heavy (non-hydrogen) atoms. The topological polar surface area (TPSA) is 94.9 Å². The number of carbonyl (C=O) groups excluding carboxylic acids is 1. The number of fused-ring (bicyclic) bond motifs is 3. The van der Waals surface area contributed by atoms with Gasteiger partial charge in [-0.2, -0.15) is 79.0 Å². The van der Waals surface area contributed by atoms with Crippen molar-refractivity contribution in [2.24, 2.45) is 0 Å². The van der Waals surface area contributed by atoms with E-state index in [0.717, 1.165) is 12.1 Å². The van der Waals surface area contributed by atoms with Crippen LogP contribution in [-0.4, -0.2) is 62.2 Å². The molecule has 27 heteroatoms. The van der Waals surface area contributed by atoms with Gasteiger partial charge in [-0.1, -0.05) is 24.3 Å². The Bertz CT molecular complexity index is 2480. The Morgan fingerprint density at radius 1 is 0.400 bits per heavy atom. The van der Waals surface area contributed by atoms with E-state index in [4.69, 9.17) is 0 Å². The summed E-state index contributed by atoms with van der Waals surface area (Å²) in [7, 11) is 0. The molecule has 0 atom stereocenters. The number of rotatable bonds is 10. The van der Waals surface area contributed by atoms with Crippen molar-refractivity contribution in [2.45, 2.75) is 47.9 Å². The molecule has 0 fully saturated rings. The van der Waals surface area contributed by atoms with Gasteiger partial charge in [0.2, 0.25) is 0 Å². The Hall–Kier alpha value is -5.47. The number of carbonyl (C=O) groups is 1. The van der Waals surface area contributed by atoms with Crippen molar-refractivity contribution in [3.05, 3.63) is 83.6 Å². The number of hydrogen-bond acceptors (Lipinski definition) is 9. The van der Waals surface area contributed by atoms with Crippen LogP contribution in [0.2, 0.25) is 0 Å². The van der Waals surface area contributed by atoms with Crippen LogP contribution >= 0.6 is 22.7 Å². The first-order chi connectivity index (χ1) is 27.5. The Morgan fingerprint density at radius 2 is 0.733 bits per heavy atom. The third kappa shape index (κ3) is 6.16. The molecule has 0 unspecified atom stereocenters. The van der Waals surface area contributed by atoms with Crippen LogP contribution in [0.4, 0.5) is 79.0 Å². The standard InChI is InChI=1S/C33H10F18N4O3S2/c34-26(35,28(38,39)30(42,43)32(46,47)48)24-54-52-22(57-24)19-7-5-17(59-19)11-1-3-13-14-4-2-12(10-16(14)21(56)15(13)9-11)18-6-8-20(60-18)23-53-55-25(58-23)27(36,37)29(40,41)31(44,45)33(49,50)51/h1-10H. The van der Waals surface area contributed by atoms with E-state index in [1.54, 1.807) is 0 Å². The minimum Gasteiger partial charge on any atom is -0.414 e. The lowest BCUT2D eigenvalue weighted by Gasteiger charge is -2.31. The van der Waals surface area contributed by atoms with Gasteiger partial charge in [-0.05, 0) is 58.7 Å². The maximum absolute atomic E-state index is 14.3. The largest absolute Gasteiger partial charge is 0.460 e. The van der Waals surface area contributed by atoms with Gasteiger partial charge in [0.05, 0.1) is 9.75 Å². The zero-order valence-electron chi connectivity index (χ0n) is 27.9. The van der Waals surface area contributed by atoms with Gasteiger partial charge in [-0.3, -0.25) is 4.79 Å². The molecule has 0 saturated heterocycles. The molecule has 0 spiro atoms. The Balaban J connectivity index is 1.10. The van der Waals surface area contributed by atoms with E-state index in [1.807, 2.05) is 0 Å². The lowest BCUT2D eigenvalue weighted by atomic mass is 10.0. The Labute approximate surface area is 326 Å².